The molecule has 4 nitrogen and oxygen atoms in total. The zero-order valence-electron chi connectivity index (χ0n) is 12.8. The van der Waals surface area contributed by atoms with Crippen molar-refractivity contribution >= 4 is 26.0 Å². The zero-order valence-corrected chi connectivity index (χ0v) is 15.2. The maximum absolute atomic E-state index is 12.7. The van der Waals surface area contributed by atoms with E-state index >= 15 is 0 Å². The SMILES string of the molecule is Cc1cc(S(=O)(=O)N2CCN(CC(C)C)CC2)ccc1Br. The molecule has 1 aromatic rings. The van der Waals surface area contributed by atoms with E-state index in [1.165, 1.54) is 0 Å². The summed E-state index contributed by atoms with van der Waals surface area (Å²) in [6, 6.07) is 5.21. The predicted molar refractivity (Wildman–Crippen MR) is 88.9 cm³/mol. The molecule has 0 aliphatic carbocycles. The molecule has 0 unspecified atom stereocenters. The van der Waals surface area contributed by atoms with Gasteiger partial charge in [0.05, 0.1) is 4.90 Å². The van der Waals surface area contributed by atoms with Crippen molar-refractivity contribution in [3.63, 3.8) is 0 Å². The molecule has 0 radical (unpaired) electrons. The fraction of sp³-hybridized carbons (Fsp3) is 0.600. The lowest BCUT2D eigenvalue weighted by atomic mass is 10.2. The van der Waals surface area contributed by atoms with Crippen LogP contribution in [0.15, 0.2) is 27.6 Å². The Morgan fingerprint density at radius 3 is 2.33 bits per heavy atom. The molecular weight excluding hydrogens is 352 g/mol. The van der Waals surface area contributed by atoms with Crippen LogP contribution in [-0.4, -0.2) is 50.3 Å². The van der Waals surface area contributed by atoms with E-state index < -0.39 is 10.0 Å². The largest absolute Gasteiger partial charge is 0.300 e. The van der Waals surface area contributed by atoms with Gasteiger partial charge in [-0.1, -0.05) is 29.8 Å². The van der Waals surface area contributed by atoms with Crippen LogP contribution in [0.5, 0.6) is 0 Å². The average Bonchev–Trinajstić information content (AvgIpc) is 2.41. The molecule has 0 aromatic heterocycles. The van der Waals surface area contributed by atoms with Crippen molar-refractivity contribution in [1.82, 2.24) is 9.21 Å². The van der Waals surface area contributed by atoms with E-state index in [4.69, 9.17) is 0 Å². The lowest BCUT2D eigenvalue weighted by Gasteiger charge is -2.34. The molecule has 1 aliphatic rings. The van der Waals surface area contributed by atoms with Gasteiger partial charge in [0, 0.05) is 37.2 Å². The first-order chi connectivity index (χ1) is 9.80. The molecule has 0 amide bonds. The van der Waals surface area contributed by atoms with Crippen LogP contribution >= 0.6 is 15.9 Å². The molecule has 0 bridgehead atoms. The fourth-order valence-electron chi connectivity index (χ4n) is 2.60. The van der Waals surface area contributed by atoms with Gasteiger partial charge in [0.1, 0.15) is 0 Å². The van der Waals surface area contributed by atoms with Crippen LogP contribution in [-0.2, 0) is 10.0 Å². The third kappa shape index (κ3) is 4.06. The third-order valence-electron chi connectivity index (χ3n) is 3.72. The van der Waals surface area contributed by atoms with Crippen molar-refractivity contribution in [3.05, 3.63) is 28.2 Å². The summed E-state index contributed by atoms with van der Waals surface area (Å²) in [6.45, 7) is 10.1. The van der Waals surface area contributed by atoms with Gasteiger partial charge < -0.3 is 4.90 Å². The molecule has 0 spiro atoms. The summed E-state index contributed by atoms with van der Waals surface area (Å²) in [4.78, 5) is 2.73. The molecule has 2 rings (SSSR count). The number of benzene rings is 1. The van der Waals surface area contributed by atoms with Gasteiger partial charge in [-0.25, -0.2) is 8.42 Å². The maximum atomic E-state index is 12.7. The molecule has 6 heteroatoms. The Kier molecular flexibility index (Phi) is 5.46. The highest BCUT2D eigenvalue weighted by molar-refractivity contribution is 9.10. The minimum absolute atomic E-state index is 0.389. The summed E-state index contributed by atoms with van der Waals surface area (Å²) < 4.78 is 27.9. The molecule has 1 saturated heterocycles. The molecular formula is C15H23BrN2O2S. The van der Waals surface area contributed by atoms with Gasteiger partial charge in [0.2, 0.25) is 10.0 Å². The second kappa shape index (κ2) is 6.77. The Bertz CT molecular complexity index is 594. The summed E-state index contributed by atoms with van der Waals surface area (Å²) in [5.74, 6) is 0.613. The monoisotopic (exact) mass is 374 g/mol. The van der Waals surface area contributed by atoms with Crippen molar-refractivity contribution < 1.29 is 8.42 Å². The predicted octanol–water partition coefficient (Wildman–Crippen LogP) is 2.72. The van der Waals surface area contributed by atoms with Gasteiger partial charge in [-0.3, -0.25) is 0 Å². The lowest BCUT2D eigenvalue weighted by molar-refractivity contribution is 0.172. The average molecular weight is 375 g/mol. The standard InChI is InChI=1S/C15H23BrN2O2S/c1-12(2)11-17-6-8-18(9-7-17)21(19,20)14-4-5-15(16)13(3)10-14/h4-5,10,12H,6-9,11H2,1-3H3. The highest BCUT2D eigenvalue weighted by Gasteiger charge is 2.28. The Hall–Kier alpha value is -0.430. The van der Waals surface area contributed by atoms with E-state index in [0.717, 1.165) is 29.7 Å². The normalized spacial score (nSPS) is 18.3. The summed E-state index contributed by atoms with van der Waals surface area (Å²) in [6.07, 6.45) is 0. The lowest BCUT2D eigenvalue weighted by Crippen LogP contribution is -2.49. The van der Waals surface area contributed by atoms with E-state index in [9.17, 15) is 8.42 Å². The topological polar surface area (TPSA) is 40.6 Å². The van der Waals surface area contributed by atoms with Crippen molar-refractivity contribution in [1.29, 1.82) is 0 Å². The van der Waals surface area contributed by atoms with Gasteiger partial charge in [-0.15, -0.1) is 0 Å². The second-order valence-electron chi connectivity index (χ2n) is 6.01. The first-order valence-corrected chi connectivity index (χ1v) is 9.52. The minimum atomic E-state index is -3.37. The van der Waals surface area contributed by atoms with Gasteiger partial charge in [0.25, 0.3) is 0 Å². The van der Waals surface area contributed by atoms with E-state index in [2.05, 4.69) is 34.7 Å². The van der Waals surface area contributed by atoms with E-state index in [0.29, 0.717) is 23.9 Å². The number of hydrogen-bond acceptors (Lipinski definition) is 3. The Morgan fingerprint density at radius 2 is 1.81 bits per heavy atom. The number of nitrogens with zero attached hydrogens (tertiary/aromatic N) is 2. The van der Waals surface area contributed by atoms with Crippen LogP contribution in [0.25, 0.3) is 0 Å². The van der Waals surface area contributed by atoms with Crippen molar-refractivity contribution in [3.8, 4) is 0 Å². The van der Waals surface area contributed by atoms with Crippen molar-refractivity contribution in [2.24, 2.45) is 5.92 Å². The highest BCUT2D eigenvalue weighted by Crippen LogP contribution is 2.23. The van der Waals surface area contributed by atoms with Crippen LogP contribution < -0.4 is 0 Å². The number of piperazine rings is 1. The number of rotatable bonds is 4. The van der Waals surface area contributed by atoms with Crippen molar-refractivity contribution in [2.45, 2.75) is 25.7 Å². The quantitative estimate of drug-likeness (QED) is 0.813. The van der Waals surface area contributed by atoms with E-state index in [1.54, 1.807) is 22.5 Å². The van der Waals surface area contributed by atoms with E-state index in [-0.39, 0.29) is 0 Å². The maximum Gasteiger partial charge on any atom is 0.243 e. The zero-order chi connectivity index (χ0) is 15.6. The molecule has 0 saturated carbocycles. The second-order valence-corrected chi connectivity index (χ2v) is 8.80. The van der Waals surface area contributed by atoms with Crippen LogP contribution in [0, 0.1) is 12.8 Å². The minimum Gasteiger partial charge on any atom is -0.300 e. The van der Waals surface area contributed by atoms with Crippen LogP contribution in [0.4, 0.5) is 0 Å². The highest BCUT2D eigenvalue weighted by atomic mass is 79.9. The molecule has 1 fully saturated rings. The van der Waals surface area contributed by atoms with Gasteiger partial charge in [0.15, 0.2) is 0 Å². The summed E-state index contributed by atoms with van der Waals surface area (Å²) >= 11 is 3.41. The molecule has 0 N–H and O–H groups in total. The van der Waals surface area contributed by atoms with Crippen molar-refractivity contribution in [2.75, 3.05) is 32.7 Å². The van der Waals surface area contributed by atoms with Crippen LogP contribution in [0.3, 0.4) is 0 Å². The third-order valence-corrected chi connectivity index (χ3v) is 6.51. The van der Waals surface area contributed by atoms with Gasteiger partial charge >= 0.3 is 0 Å². The first kappa shape index (κ1) is 16.9. The van der Waals surface area contributed by atoms with Gasteiger partial charge in [-0.2, -0.15) is 4.31 Å². The number of hydrogen-bond donors (Lipinski definition) is 0. The number of aryl methyl sites for hydroxylation is 1. The van der Waals surface area contributed by atoms with Gasteiger partial charge in [-0.05, 0) is 36.6 Å². The van der Waals surface area contributed by atoms with E-state index in [1.807, 2.05) is 6.92 Å². The first-order valence-electron chi connectivity index (χ1n) is 7.29. The molecule has 21 heavy (non-hydrogen) atoms. The molecule has 0 atom stereocenters. The number of sulfonamides is 1. The Morgan fingerprint density at radius 1 is 1.19 bits per heavy atom. The smallest absolute Gasteiger partial charge is 0.243 e. The molecule has 118 valence electrons. The Balaban J connectivity index is 2.09. The van der Waals surface area contributed by atoms with Crippen LogP contribution in [0.2, 0.25) is 0 Å². The number of halogens is 1. The molecule has 1 aromatic carbocycles. The molecule has 1 aliphatic heterocycles. The molecule has 1 heterocycles. The Labute approximate surface area is 136 Å². The summed E-state index contributed by atoms with van der Waals surface area (Å²) in [5, 5.41) is 0. The summed E-state index contributed by atoms with van der Waals surface area (Å²) in [7, 11) is -3.37. The summed E-state index contributed by atoms with van der Waals surface area (Å²) in [5.41, 5.74) is 0.939. The fourth-order valence-corrected chi connectivity index (χ4v) is 4.35. The van der Waals surface area contributed by atoms with Crippen LogP contribution in [0.1, 0.15) is 19.4 Å².